The Bertz CT molecular complexity index is 868. The van der Waals surface area contributed by atoms with E-state index in [4.69, 9.17) is 6.58 Å². The molecule has 0 aliphatic carbocycles. The second kappa shape index (κ2) is 3.33. The quantitative estimate of drug-likeness (QED) is 0.408. The zero-order valence-electron chi connectivity index (χ0n) is 9.77. The SMILES string of the molecule is [CH]=Cc1ccc2ccc3[c]ccc4ccc1c2c34. The molecule has 4 aromatic rings. The van der Waals surface area contributed by atoms with Crippen LogP contribution in [0.25, 0.3) is 38.4 Å². The summed E-state index contributed by atoms with van der Waals surface area (Å²) >= 11 is 0. The Morgan fingerprint density at radius 3 is 2.50 bits per heavy atom. The molecule has 0 heteroatoms. The van der Waals surface area contributed by atoms with Crippen molar-refractivity contribution >= 4 is 38.4 Å². The molecule has 0 fully saturated rings. The van der Waals surface area contributed by atoms with Crippen molar-refractivity contribution in [2.24, 2.45) is 0 Å². The number of rotatable bonds is 1. The second-order valence-corrected chi connectivity index (χ2v) is 4.59. The van der Waals surface area contributed by atoms with Crippen molar-refractivity contribution in [3.05, 3.63) is 66.7 Å². The molecule has 0 amide bonds. The molecule has 4 aromatic carbocycles. The van der Waals surface area contributed by atoms with Gasteiger partial charge in [-0.3, -0.25) is 0 Å². The molecule has 4 rings (SSSR count). The third-order valence-electron chi connectivity index (χ3n) is 3.66. The van der Waals surface area contributed by atoms with Gasteiger partial charge in [0.15, 0.2) is 0 Å². The summed E-state index contributed by atoms with van der Waals surface area (Å²) in [4.78, 5) is 0. The number of benzene rings is 4. The molecule has 0 saturated carbocycles. The van der Waals surface area contributed by atoms with Gasteiger partial charge in [0.2, 0.25) is 0 Å². The molecule has 0 unspecified atom stereocenters. The Morgan fingerprint density at radius 2 is 1.61 bits per heavy atom. The Labute approximate surface area is 105 Å². The van der Waals surface area contributed by atoms with Crippen molar-refractivity contribution in [3.63, 3.8) is 0 Å². The summed E-state index contributed by atoms with van der Waals surface area (Å²) in [5, 5.41) is 7.48. The highest BCUT2D eigenvalue weighted by molar-refractivity contribution is 6.24. The largest absolute Gasteiger partial charge is 0.0616 e. The van der Waals surface area contributed by atoms with Crippen LogP contribution in [0.5, 0.6) is 0 Å². The lowest BCUT2D eigenvalue weighted by Crippen LogP contribution is -1.85. The van der Waals surface area contributed by atoms with E-state index in [9.17, 15) is 0 Å². The lowest BCUT2D eigenvalue weighted by molar-refractivity contribution is 1.74. The molecular formula is C18H10. The fourth-order valence-electron chi connectivity index (χ4n) is 2.82. The van der Waals surface area contributed by atoms with Gasteiger partial charge in [0.05, 0.1) is 0 Å². The van der Waals surface area contributed by atoms with E-state index in [1.165, 1.54) is 32.3 Å². The van der Waals surface area contributed by atoms with Crippen LogP contribution >= 0.6 is 0 Å². The van der Waals surface area contributed by atoms with Gasteiger partial charge in [0.1, 0.15) is 0 Å². The maximum absolute atomic E-state index is 5.72. The smallest absolute Gasteiger partial charge is 0.00203 e. The summed E-state index contributed by atoms with van der Waals surface area (Å²) in [5.74, 6) is 0. The predicted molar refractivity (Wildman–Crippen MR) is 77.7 cm³/mol. The summed E-state index contributed by atoms with van der Waals surface area (Å²) < 4.78 is 0. The van der Waals surface area contributed by atoms with Gasteiger partial charge < -0.3 is 0 Å². The van der Waals surface area contributed by atoms with Crippen LogP contribution in [0.2, 0.25) is 0 Å². The van der Waals surface area contributed by atoms with Gasteiger partial charge in [-0.05, 0) is 43.9 Å². The molecule has 0 atom stereocenters. The molecule has 0 aliphatic heterocycles. The third-order valence-corrected chi connectivity index (χ3v) is 3.66. The minimum atomic E-state index is 1.08. The van der Waals surface area contributed by atoms with Crippen LogP contribution in [0.3, 0.4) is 0 Å². The van der Waals surface area contributed by atoms with E-state index in [1.54, 1.807) is 6.08 Å². The highest BCUT2D eigenvalue weighted by Crippen LogP contribution is 2.35. The summed E-state index contributed by atoms with van der Waals surface area (Å²) in [7, 11) is 0. The van der Waals surface area contributed by atoms with E-state index in [-0.39, 0.29) is 0 Å². The van der Waals surface area contributed by atoms with Gasteiger partial charge in [-0.15, -0.1) is 0 Å². The second-order valence-electron chi connectivity index (χ2n) is 4.59. The van der Waals surface area contributed by atoms with E-state index in [2.05, 4.69) is 48.5 Å². The van der Waals surface area contributed by atoms with Crippen LogP contribution in [0.1, 0.15) is 5.56 Å². The minimum absolute atomic E-state index is 1.08. The number of hydrogen-bond acceptors (Lipinski definition) is 0. The van der Waals surface area contributed by atoms with Crippen molar-refractivity contribution in [1.82, 2.24) is 0 Å². The van der Waals surface area contributed by atoms with Crippen LogP contribution in [0, 0.1) is 12.6 Å². The molecule has 0 nitrogen and oxygen atoms in total. The van der Waals surface area contributed by atoms with Gasteiger partial charge in [-0.1, -0.05) is 61.2 Å². The van der Waals surface area contributed by atoms with Gasteiger partial charge in [-0.2, -0.15) is 0 Å². The van der Waals surface area contributed by atoms with Crippen molar-refractivity contribution in [3.8, 4) is 0 Å². The molecule has 0 aromatic heterocycles. The maximum Gasteiger partial charge on any atom is -0.00203 e. The first-order valence-corrected chi connectivity index (χ1v) is 6.01. The Hall–Kier alpha value is -2.34. The van der Waals surface area contributed by atoms with Crippen LogP contribution in [-0.4, -0.2) is 0 Å². The molecule has 0 heterocycles. The molecular weight excluding hydrogens is 216 g/mol. The zero-order chi connectivity index (χ0) is 12.1. The van der Waals surface area contributed by atoms with Crippen molar-refractivity contribution in [2.75, 3.05) is 0 Å². The zero-order valence-corrected chi connectivity index (χ0v) is 9.77. The molecule has 0 saturated heterocycles. The molecule has 82 valence electrons. The van der Waals surface area contributed by atoms with E-state index >= 15 is 0 Å². The monoisotopic (exact) mass is 226 g/mol. The van der Waals surface area contributed by atoms with Gasteiger partial charge in [-0.25, -0.2) is 0 Å². The average Bonchev–Trinajstić information content (AvgIpc) is 2.44. The lowest BCUT2D eigenvalue weighted by Gasteiger charge is -2.11. The molecule has 18 heavy (non-hydrogen) atoms. The number of hydrogen-bond donors (Lipinski definition) is 0. The molecule has 2 radical (unpaired) electrons. The van der Waals surface area contributed by atoms with Crippen molar-refractivity contribution < 1.29 is 0 Å². The minimum Gasteiger partial charge on any atom is -0.0616 e. The van der Waals surface area contributed by atoms with Gasteiger partial charge in [0.25, 0.3) is 0 Å². The van der Waals surface area contributed by atoms with E-state index in [1.807, 2.05) is 6.07 Å². The first-order valence-electron chi connectivity index (χ1n) is 6.01. The van der Waals surface area contributed by atoms with Crippen LogP contribution < -0.4 is 0 Å². The fraction of sp³-hybridized carbons (Fsp3) is 0. The fourth-order valence-corrected chi connectivity index (χ4v) is 2.82. The summed E-state index contributed by atoms with van der Waals surface area (Å²) in [6.45, 7) is 5.72. The lowest BCUT2D eigenvalue weighted by atomic mass is 9.92. The highest BCUT2D eigenvalue weighted by atomic mass is 14.1. The van der Waals surface area contributed by atoms with Crippen LogP contribution in [0.4, 0.5) is 0 Å². The van der Waals surface area contributed by atoms with Crippen LogP contribution in [0.15, 0.2) is 48.5 Å². The normalized spacial score (nSPS) is 11.6. The highest BCUT2D eigenvalue weighted by Gasteiger charge is 2.08. The van der Waals surface area contributed by atoms with Crippen LogP contribution in [-0.2, 0) is 0 Å². The van der Waals surface area contributed by atoms with Gasteiger partial charge >= 0.3 is 0 Å². The first-order chi connectivity index (χ1) is 8.88. The summed E-state index contributed by atoms with van der Waals surface area (Å²) in [6.07, 6.45) is 1.68. The van der Waals surface area contributed by atoms with Crippen molar-refractivity contribution in [2.45, 2.75) is 0 Å². The van der Waals surface area contributed by atoms with Crippen molar-refractivity contribution in [1.29, 1.82) is 0 Å². The van der Waals surface area contributed by atoms with E-state index < -0.39 is 0 Å². The Balaban J connectivity index is 2.43. The van der Waals surface area contributed by atoms with E-state index in [0.29, 0.717) is 0 Å². The standard InChI is InChI=1S/C18H10/c1-2-12-6-7-15-9-8-13-4-3-5-14-10-11-16(12)18(15)17(13)14/h1-3,5-11H. The predicted octanol–water partition coefficient (Wildman–Crippen LogP) is 4.83. The summed E-state index contributed by atoms with van der Waals surface area (Å²) in [5.41, 5.74) is 1.08. The topological polar surface area (TPSA) is 0 Å². The van der Waals surface area contributed by atoms with E-state index in [0.717, 1.165) is 5.56 Å². The molecule has 0 N–H and O–H groups in total. The maximum atomic E-state index is 5.72. The third kappa shape index (κ3) is 1.10. The molecule has 0 spiro atoms. The Morgan fingerprint density at radius 1 is 0.833 bits per heavy atom. The molecule has 0 bridgehead atoms. The Kier molecular flexibility index (Phi) is 1.79. The average molecular weight is 226 g/mol. The first kappa shape index (κ1) is 9.67. The molecule has 0 aliphatic rings. The summed E-state index contributed by atoms with van der Waals surface area (Å²) in [6, 6.07) is 20.2. The van der Waals surface area contributed by atoms with Gasteiger partial charge in [0, 0.05) is 0 Å².